The molecule has 0 saturated carbocycles. The maximum atomic E-state index is 5.85. The number of nitrogens with zero attached hydrogens (tertiary/aromatic N) is 3. The highest BCUT2D eigenvalue weighted by atomic mass is 79.9. The molecule has 0 fully saturated rings. The van der Waals surface area contributed by atoms with Crippen molar-refractivity contribution in [3.8, 4) is 0 Å². The summed E-state index contributed by atoms with van der Waals surface area (Å²) in [5.41, 5.74) is 0.790. The highest BCUT2D eigenvalue weighted by Gasteiger charge is 2.08. The van der Waals surface area contributed by atoms with E-state index >= 15 is 0 Å². The number of anilines is 2. The Morgan fingerprint density at radius 3 is 2.65 bits per heavy atom. The Hall–Kier alpha value is -0.430. The van der Waals surface area contributed by atoms with Crippen LogP contribution in [0.5, 0.6) is 0 Å². The maximum Gasteiger partial charge on any atom is 0.245 e. The van der Waals surface area contributed by atoms with Gasteiger partial charge >= 0.3 is 0 Å². The minimum absolute atomic E-state index is 0.0306. The monoisotopic (exact) mass is 396 g/mol. The standard InChI is InChI=1S/C9H4Br2Cl2N4/c10-4-1-2-5(11)6(3-4)14-8-7(12)16-17-9(13)15-8/h1-3H,(H,14,15,17). The third-order valence-electron chi connectivity index (χ3n) is 1.80. The van der Waals surface area contributed by atoms with Crippen LogP contribution in [0.1, 0.15) is 0 Å². The lowest BCUT2D eigenvalue weighted by Crippen LogP contribution is -1.99. The molecule has 0 unspecified atom stereocenters. The molecule has 1 aromatic carbocycles. The topological polar surface area (TPSA) is 50.7 Å². The van der Waals surface area contributed by atoms with Crippen molar-refractivity contribution < 1.29 is 0 Å². The second kappa shape index (κ2) is 5.48. The van der Waals surface area contributed by atoms with Crippen molar-refractivity contribution in [2.45, 2.75) is 0 Å². The van der Waals surface area contributed by atoms with E-state index in [1.165, 1.54) is 0 Å². The van der Waals surface area contributed by atoms with E-state index < -0.39 is 0 Å². The Kier molecular flexibility index (Phi) is 4.19. The second-order valence-electron chi connectivity index (χ2n) is 2.97. The number of halogens is 4. The van der Waals surface area contributed by atoms with Gasteiger partial charge in [-0.1, -0.05) is 27.5 Å². The molecule has 0 aliphatic rings. The first-order valence-corrected chi connectivity index (χ1v) is 6.68. The predicted molar refractivity (Wildman–Crippen MR) is 75.0 cm³/mol. The minimum atomic E-state index is 0.0306. The summed E-state index contributed by atoms with van der Waals surface area (Å²) in [6.07, 6.45) is 0. The van der Waals surface area contributed by atoms with Crippen molar-refractivity contribution in [3.63, 3.8) is 0 Å². The van der Waals surface area contributed by atoms with E-state index in [2.05, 4.69) is 52.4 Å². The molecule has 0 amide bonds. The first kappa shape index (κ1) is 13.0. The van der Waals surface area contributed by atoms with Crippen LogP contribution >= 0.6 is 55.1 Å². The van der Waals surface area contributed by atoms with Gasteiger partial charge in [0.1, 0.15) is 0 Å². The molecule has 17 heavy (non-hydrogen) atoms. The van der Waals surface area contributed by atoms with Crippen LogP contribution in [0.2, 0.25) is 10.4 Å². The molecule has 2 rings (SSSR count). The van der Waals surface area contributed by atoms with E-state index in [1.807, 2.05) is 18.2 Å². The fourth-order valence-corrected chi connectivity index (χ4v) is 2.05. The Morgan fingerprint density at radius 2 is 1.88 bits per heavy atom. The number of nitrogens with one attached hydrogen (secondary N) is 1. The van der Waals surface area contributed by atoms with Crippen LogP contribution in [0.15, 0.2) is 27.1 Å². The van der Waals surface area contributed by atoms with Gasteiger partial charge in [-0.2, -0.15) is 4.98 Å². The fraction of sp³-hybridized carbons (Fsp3) is 0. The predicted octanol–water partition coefficient (Wildman–Crippen LogP) is 4.45. The molecule has 1 N–H and O–H groups in total. The van der Waals surface area contributed by atoms with Crippen LogP contribution in [0.3, 0.4) is 0 Å². The third-order valence-corrected chi connectivity index (χ3v) is 3.40. The smallest absolute Gasteiger partial charge is 0.245 e. The molecule has 0 aliphatic carbocycles. The molecule has 1 aromatic heterocycles. The Bertz CT molecular complexity index is 515. The summed E-state index contributed by atoms with van der Waals surface area (Å²) in [7, 11) is 0. The van der Waals surface area contributed by atoms with Crippen molar-refractivity contribution in [2.75, 3.05) is 5.32 Å². The van der Waals surface area contributed by atoms with E-state index in [0.717, 1.165) is 14.6 Å². The first-order chi connectivity index (χ1) is 8.06. The molecule has 88 valence electrons. The van der Waals surface area contributed by atoms with Crippen molar-refractivity contribution in [3.05, 3.63) is 37.6 Å². The fourth-order valence-electron chi connectivity index (χ4n) is 1.09. The average molecular weight is 399 g/mol. The van der Waals surface area contributed by atoms with Crippen LogP contribution in [-0.4, -0.2) is 15.2 Å². The lowest BCUT2D eigenvalue weighted by molar-refractivity contribution is 0.974. The Morgan fingerprint density at radius 1 is 1.12 bits per heavy atom. The summed E-state index contributed by atoms with van der Waals surface area (Å²) in [6.45, 7) is 0. The number of hydrogen-bond acceptors (Lipinski definition) is 4. The summed E-state index contributed by atoms with van der Waals surface area (Å²) < 4.78 is 1.79. The minimum Gasteiger partial charge on any atom is -0.337 e. The average Bonchev–Trinajstić information content (AvgIpc) is 2.28. The van der Waals surface area contributed by atoms with Crippen LogP contribution in [0.25, 0.3) is 0 Å². The summed E-state index contributed by atoms with van der Waals surface area (Å²) in [4.78, 5) is 3.95. The zero-order valence-corrected chi connectivity index (χ0v) is 12.8. The largest absolute Gasteiger partial charge is 0.337 e. The van der Waals surface area contributed by atoms with Crippen molar-refractivity contribution in [1.82, 2.24) is 15.2 Å². The number of benzene rings is 1. The molecule has 0 bridgehead atoms. The normalized spacial score (nSPS) is 10.4. The van der Waals surface area contributed by atoms with Gasteiger partial charge in [0.15, 0.2) is 11.0 Å². The molecule has 0 radical (unpaired) electrons. The van der Waals surface area contributed by atoms with Crippen LogP contribution < -0.4 is 5.32 Å². The van der Waals surface area contributed by atoms with E-state index in [4.69, 9.17) is 23.2 Å². The number of aromatic nitrogens is 3. The van der Waals surface area contributed by atoms with Gasteiger partial charge in [-0.05, 0) is 45.7 Å². The molecule has 8 heteroatoms. The lowest BCUT2D eigenvalue weighted by Gasteiger charge is -2.08. The van der Waals surface area contributed by atoms with Crippen LogP contribution in [0.4, 0.5) is 11.5 Å². The van der Waals surface area contributed by atoms with Gasteiger partial charge in [-0.15, -0.1) is 10.2 Å². The van der Waals surface area contributed by atoms with Crippen molar-refractivity contribution in [2.24, 2.45) is 0 Å². The Labute approximate surface area is 124 Å². The zero-order valence-electron chi connectivity index (χ0n) is 8.09. The van der Waals surface area contributed by atoms with E-state index in [0.29, 0.717) is 5.82 Å². The van der Waals surface area contributed by atoms with Crippen molar-refractivity contribution in [1.29, 1.82) is 0 Å². The van der Waals surface area contributed by atoms with Crippen molar-refractivity contribution >= 4 is 66.6 Å². The quantitative estimate of drug-likeness (QED) is 0.812. The third kappa shape index (κ3) is 3.28. The highest BCUT2D eigenvalue weighted by Crippen LogP contribution is 2.30. The number of hydrogen-bond donors (Lipinski definition) is 1. The molecule has 0 saturated heterocycles. The van der Waals surface area contributed by atoms with Gasteiger partial charge in [-0.3, -0.25) is 0 Å². The number of rotatable bonds is 2. The Balaban J connectivity index is 2.37. The molecule has 2 aromatic rings. The van der Waals surface area contributed by atoms with E-state index in [9.17, 15) is 0 Å². The molecule has 1 heterocycles. The summed E-state index contributed by atoms with van der Waals surface area (Å²) in [5.74, 6) is 0.352. The lowest BCUT2D eigenvalue weighted by atomic mass is 10.3. The summed E-state index contributed by atoms with van der Waals surface area (Å²) >= 11 is 18.3. The highest BCUT2D eigenvalue weighted by molar-refractivity contribution is 9.11. The summed E-state index contributed by atoms with van der Waals surface area (Å²) in [5, 5.41) is 10.4. The van der Waals surface area contributed by atoms with Crippen LogP contribution in [-0.2, 0) is 0 Å². The second-order valence-corrected chi connectivity index (χ2v) is 5.44. The molecular formula is C9H4Br2Cl2N4. The summed E-state index contributed by atoms with van der Waals surface area (Å²) in [6, 6.07) is 5.66. The van der Waals surface area contributed by atoms with E-state index in [1.54, 1.807) is 0 Å². The van der Waals surface area contributed by atoms with Gasteiger partial charge in [0.05, 0.1) is 5.69 Å². The van der Waals surface area contributed by atoms with Gasteiger partial charge in [0, 0.05) is 8.95 Å². The van der Waals surface area contributed by atoms with Gasteiger partial charge < -0.3 is 5.32 Å². The first-order valence-electron chi connectivity index (χ1n) is 4.34. The molecule has 4 nitrogen and oxygen atoms in total. The molecular weight excluding hydrogens is 395 g/mol. The molecule has 0 spiro atoms. The molecule has 0 aliphatic heterocycles. The van der Waals surface area contributed by atoms with Gasteiger partial charge in [0.2, 0.25) is 5.28 Å². The van der Waals surface area contributed by atoms with Gasteiger partial charge in [0.25, 0.3) is 0 Å². The van der Waals surface area contributed by atoms with Crippen LogP contribution in [0, 0.1) is 0 Å². The zero-order chi connectivity index (χ0) is 12.4. The maximum absolute atomic E-state index is 5.85. The SMILES string of the molecule is Clc1nnc(Cl)c(Nc2cc(Br)ccc2Br)n1. The van der Waals surface area contributed by atoms with E-state index in [-0.39, 0.29) is 10.4 Å². The molecule has 0 atom stereocenters. The van der Waals surface area contributed by atoms with Gasteiger partial charge in [-0.25, -0.2) is 0 Å².